The van der Waals surface area contributed by atoms with Crippen LogP contribution < -0.4 is 5.73 Å². The molecule has 2 aromatic rings. The van der Waals surface area contributed by atoms with Crippen LogP contribution in [0.2, 0.25) is 0 Å². The molecule has 4 nitrogen and oxygen atoms in total. The number of nitrogens with two attached hydrogens (primary N) is 1. The Bertz CT molecular complexity index is 512. The van der Waals surface area contributed by atoms with Gasteiger partial charge < -0.3 is 10.2 Å². The van der Waals surface area contributed by atoms with Crippen LogP contribution in [-0.4, -0.2) is 22.5 Å². The number of hydrogen-bond donors (Lipinski definition) is 1. The summed E-state index contributed by atoms with van der Waals surface area (Å²) in [5.74, 6) is 3.68. The number of thioether (sulfide) groups is 1. The van der Waals surface area contributed by atoms with E-state index in [9.17, 15) is 0 Å². The monoisotopic (exact) mass is 281 g/mol. The number of fused-ring (bicyclic) bond motifs is 1. The molecule has 1 aliphatic rings. The molecule has 6 heteroatoms. The van der Waals surface area contributed by atoms with Crippen molar-refractivity contribution in [3.63, 3.8) is 0 Å². The van der Waals surface area contributed by atoms with Crippen molar-refractivity contribution in [2.24, 2.45) is 5.73 Å². The zero-order chi connectivity index (χ0) is 12.4. The molecule has 0 amide bonds. The molecule has 0 fully saturated rings. The maximum Gasteiger partial charge on any atom is 0.257 e. The molecule has 18 heavy (non-hydrogen) atoms. The zero-order valence-electron chi connectivity index (χ0n) is 10.0. The average molecular weight is 281 g/mol. The number of rotatable bonds is 4. The van der Waals surface area contributed by atoms with E-state index in [1.54, 1.807) is 11.3 Å². The van der Waals surface area contributed by atoms with Crippen molar-refractivity contribution >= 4 is 23.1 Å². The summed E-state index contributed by atoms with van der Waals surface area (Å²) in [7, 11) is 0. The minimum absolute atomic E-state index is 0.655. The Morgan fingerprint density at radius 3 is 3.17 bits per heavy atom. The summed E-state index contributed by atoms with van der Waals surface area (Å²) >= 11 is 3.78. The van der Waals surface area contributed by atoms with E-state index in [0.717, 1.165) is 23.5 Å². The van der Waals surface area contributed by atoms with Gasteiger partial charge in [-0.2, -0.15) is 11.8 Å². The van der Waals surface area contributed by atoms with E-state index in [2.05, 4.69) is 16.3 Å². The SMILES string of the molecule is NCCCc1nnc(-c2cc3c(s2)CCSC3)o1. The molecular formula is C12H15N3OS2. The van der Waals surface area contributed by atoms with Crippen LogP contribution in [0, 0.1) is 0 Å². The summed E-state index contributed by atoms with van der Waals surface area (Å²) in [4.78, 5) is 2.58. The van der Waals surface area contributed by atoms with Gasteiger partial charge in [0.15, 0.2) is 0 Å². The van der Waals surface area contributed by atoms with Crippen LogP contribution in [-0.2, 0) is 18.6 Å². The average Bonchev–Trinajstić information content (AvgIpc) is 3.02. The third-order valence-corrected chi connectivity index (χ3v) is 5.13. The Hall–Kier alpha value is -0.850. The fraction of sp³-hybridized carbons (Fsp3) is 0.500. The normalized spacial score (nSPS) is 14.7. The van der Waals surface area contributed by atoms with Crippen LogP contribution in [0.25, 0.3) is 10.8 Å². The number of nitrogens with zero attached hydrogens (tertiary/aromatic N) is 2. The lowest BCUT2D eigenvalue weighted by molar-refractivity contribution is 0.500. The van der Waals surface area contributed by atoms with E-state index in [1.807, 2.05) is 11.8 Å². The smallest absolute Gasteiger partial charge is 0.257 e. The van der Waals surface area contributed by atoms with Gasteiger partial charge in [-0.1, -0.05) is 0 Å². The van der Waals surface area contributed by atoms with Crippen molar-refractivity contribution < 1.29 is 4.42 Å². The van der Waals surface area contributed by atoms with E-state index >= 15 is 0 Å². The van der Waals surface area contributed by atoms with Crippen LogP contribution in [0.3, 0.4) is 0 Å². The van der Waals surface area contributed by atoms with Gasteiger partial charge in [0.25, 0.3) is 5.89 Å². The number of hydrogen-bond acceptors (Lipinski definition) is 6. The zero-order valence-corrected chi connectivity index (χ0v) is 11.6. The van der Waals surface area contributed by atoms with Gasteiger partial charge in [-0.15, -0.1) is 21.5 Å². The van der Waals surface area contributed by atoms with Crippen molar-refractivity contribution in [1.29, 1.82) is 0 Å². The van der Waals surface area contributed by atoms with Crippen LogP contribution in [0.1, 0.15) is 22.8 Å². The summed E-state index contributed by atoms with van der Waals surface area (Å²) in [6.07, 6.45) is 2.82. The van der Waals surface area contributed by atoms with E-state index in [1.165, 1.54) is 22.6 Å². The first-order chi connectivity index (χ1) is 8.86. The fourth-order valence-corrected chi connectivity index (χ4v) is 4.25. The molecule has 0 radical (unpaired) electrons. The van der Waals surface area contributed by atoms with E-state index in [4.69, 9.17) is 10.2 Å². The molecular weight excluding hydrogens is 266 g/mol. The van der Waals surface area contributed by atoms with Gasteiger partial charge in [0.05, 0.1) is 4.88 Å². The molecule has 1 aliphatic heterocycles. The minimum atomic E-state index is 0.655. The predicted molar refractivity (Wildman–Crippen MR) is 74.9 cm³/mol. The lowest BCUT2D eigenvalue weighted by Gasteiger charge is -2.08. The van der Waals surface area contributed by atoms with Crippen molar-refractivity contribution in [3.05, 3.63) is 22.4 Å². The standard InChI is InChI=1S/C12H15N3OS2/c13-4-1-2-11-14-15-12(16-11)10-6-8-7-17-5-3-9(8)18-10/h6H,1-5,7,13H2. The molecule has 96 valence electrons. The minimum Gasteiger partial charge on any atom is -0.420 e. The Morgan fingerprint density at radius 2 is 2.33 bits per heavy atom. The lowest BCUT2D eigenvalue weighted by atomic mass is 10.2. The topological polar surface area (TPSA) is 64.9 Å². The van der Waals surface area contributed by atoms with Crippen molar-refractivity contribution in [1.82, 2.24) is 10.2 Å². The van der Waals surface area contributed by atoms with Crippen LogP contribution in [0.5, 0.6) is 0 Å². The van der Waals surface area contributed by atoms with Gasteiger partial charge in [0.1, 0.15) is 0 Å². The quantitative estimate of drug-likeness (QED) is 0.932. The molecule has 0 saturated carbocycles. The maximum absolute atomic E-state index is 5.68. The Kier molecular flexibility index (Phi) is 3.67. The van der Waals surface area contributed by atoms with Gasteiger partial charge in [0.2, 0.25) is 5.89 Å². The lowest BCUT2D eigenvalue weighted by Crippen LogP contribution is -2.00. The molecule has 0 unspecified atom stereocenters. The molecule has 2 aromatic heterocycles. The molecule has 0 bridgehead atoms. The third-order valence-electron chi connectivity index (χ3n) is 2.90. The second-order valence-electron chi connectivity index (χ2n) is 4.25. The fourth-order valence-electron chi connectivity index (χ4n) is 1.96. The van der Waals surface area contributed by atoms with Crippen LogP contribution in [0.4, 0.5) is 0 Å². The first kappa shape index (κ1) is 12.2. The summed E-state index contributed by atoms with van der Waals surface area (Å²) < 4.78 is 5.68. The Balaban J connectivity index is 1.81. The largest absolute Gasteiger partial charge is 0.420 e. The summed E-state index contributed by atoms with van der Waals surface area (Å²) in [5.41, 5.74) is 6.91. The van der Waals surface area contributed by atoms with Crippen LogP contribution in [0.15, 0.2) is 10.5 Å². The second-order valence-corrected chi connectivity index (χ2v) is 6.50. The highest BCUT2D eigenvalue weighted by Gasteiger charge is 2.17. The molecule has 0 spiro atoms. The van der Waals surface area contributed by atoms with Crippen molar-refractivity contribution in [2.75, 3.05) is 12.3 Å². The highest BCUT2D eigenvalue weighted by atomic mass is 32.2. The molecule has 0 aromatic carbocycles. The van der Waals surface area contributed by atoms with Crippen molar-refractivity contribution in [2.45, 2.75) is 25.0 Å². The molecule has 2 N–H and O–H groups in total. The molecule has 0 saturated heterocycles. The number of aryl methyl sites for hydroxylation is 2. The highest BCUT2D eigenvalue weighted by molar-refractivity contribution is 7.98. The summed E-state index contributed by atoms with van der Waals surface area (Å²) in [5, 5.41) is 8.19. The first-order valence-electron chi connectivity index (χ1n) is 6.09. The molecule has 0 aliphatic carbocycles. The van der Waals surface area contributed by atoms with Crippen molar-refractivity contribution in [3.8, 4) is 10.8 Å². The van der Waals surface area contributed by atoms with E-state index in [-0.39, 0.29) is 0 Å². The molecule has 0 atom stereocenters. The van der Waals surface area contributed by atoms with E-state index < -0.39 is 0 Å². The number of aromatic nitrogens is 2. The highest BCUT2D eigenvalue weighted by Crippen LogP contribution is 2.36. The molecule has 3 rings (SSSR count). The van der Waals surface area contributed by atoms with Gasteiger partial charge >= 0.3 is 0 Å². The summed E-state index contributed by atoms with van der Waals surface area (Å²) in [6.45, 7) is 0.655. The third kappa shape index (κ3) is 2.46. The van der Waals surface area contributed by atoms with Gasteiger partial charge in [-0.3, -0.25) is 0 Å². The maximum atomic E-state index is 5.68. The van der Waals surface area contributed by atoms with Gasteiger partial charge in [-0.25, -0.2) is 0 Å². The van der Waals surface area contributed by atoms with E-state index in [0.29, 0.717) is 18.3 Å². The Labute approximate surface area is 114 Å². The first-order valence-corrected chi connectivity index (χ1v) is 8.06. The summed E-state index contributed by atoms with van der Waals surface area (Å²) in [6, 6.07) is 2.20. The van der Waals surface area contributed by atoms with Gasteiger partial charge in [0, 0.05) is 17.1 Å². The number of thiophene rings is 1. The van der Waals surface area contributed by atoms with Crippen LogP contribution >= 0.6 is 23.1 Å². The second kappa shape index (κ2) is 5.42. The Morgan fingerprint density at radius 1 is 1.39 bits per heavy atom. The molecule has 3 heterocycles. The predicted octanol–water partition coefficient (Wildman–Crippen LogP) is 2.48. The van der Waals surface area contributed by atoms with Gasteiger partial charge in [-0.05, 0) is 36.8 Å².